The van der Waals surface area contributed by atoms with Crippen LogP contribution < -0.4 is 10.7 Å². The van der Waals surface area contributed by atoms with Gasteiger partial charge >= 0.3 is 0 Å². The van der Waals surface area contributed by atoms with E-state index in [9.17, 15) is 14.4 Å². The van der Waals surface area contributed by atoms with Crippen LogP contribution in [0, 0.1) is 0 Å². The SMILES string of the molecule is CC(C)=NNC(=O)[C@@H]1CCCN1C(=O)[C@H](Cc1ccccc1)NC(=O)c1ccc2ccccc2c1. The molecule has 1 heterocycles. The van der Waals surface area contributed by atoms with Gasteiger partial charge in [0.1, 0.15) is 12.1 Å². The van der Waals surface area contributed by atoms with Crippen molar-refractivity contribution in [2.75, 3.05) is 6.54 Å². The number of amides is 3. The van der Waals surface area contributed by atoms with Crippen molar-refractivity contribution in [3.8, 4) is 0 Å². The summed E-state index contributed by atoms with van der Waals surface area (Å²) in [4.78, 5) is 41.2. The zero-order chi connectivity index (χ0) is 24.8. The van der Waals surface area contributed by atoms with Crippen LogP contribution in [0.5, 0.6) is 0 Å². The first-order valence-electron chi connectivity index (χ1n) is 11.9. The molecule has 7 nitrogen and oxygen atoms in total. The normalized spacial score (nSPS) is 15.9. The van der Waals surface area contributed by atoms with Gasteiger partial charge in [0.15, 0.2) is 0 Å². The molecular weight excluding hydrogens is 440 g/mol. The van der Waals surface area contributed by atoms with Gasteiger partial charge in [0.2, 0.25) is 5.91 Å². The third kappa shape index (κ3) is 5.93. The number of hydrogen-bond donors (Lipinski definition) is 2. The average molecular weight is 471 g/mol. The van der Waals surface area contributed by atoms with E-state index in [0.717, 1.165) is 28.5 Å². The Balaban J connectivity index is 1.56. The molecule has 180 valence electrons. The first kappa shape index (κ1) is 24.1. The topological polar surface area (TPSA) is 90.9 Å². The first-order chi connectivity index (χ1) is 16.9. The second kappa shape index (κ2) is 11.0. The molecule has 0 aliphatic carbocycles. The predicted molar refractivity (Wildman–Crippen MR) is 137 cm³/mol. The van der Waals surface area contributed by atoms with Crippen molar-refractivity contribution < 1.29 is 14.4 Å². The molecule has 1 saturated heterocycles. The summed E-state index contributed by atoms with van der Waals surface area (Å²) in [7, 11) is 0. The number of likely N-dealkylation sites (tertiary alicyclic amines) is 1. The molecular formula is C28H30N4O3. The summed E-state index contributed by atoms with van der Waals surface area (Å²) < 4.78 is 0. The molecule has 2 atom stereocenters. The highest BCUT2D eigenvalue weighted by molar-refractivity contribution is 6.01. The van der Waals surface area contributed by atoms with Gasteiger partial charge in [-0.2, -0.15) is 5.10 Å². The summed E-state index contributed by atoms with van der Waals surface area (Å²) in [5.74, 6) is -0.898. The minimum absolute atomic E-state index is 0.266. The smallest absolute Gasteiger partial charge is 0.262 e. The maximum absolute atomic E-state index is 13.7. The Morgan fingerprint density at radius 3 is 2.43 bits per heavy atom. The molecule has 2 N–H and O–H groups in total. The van der Waals surface area contributed by atoms with E-state index in [0.29, 0.717) is 24.9 Å². The van der Waals surface area contributed by atoms with Crippen molar-refractivity contribution in [1.29, 1.82) is 0 Å². The standard InChI is InChI=1S/C28H30N4O3/c1-19(2)30-31-27(34)25-13-8-16-32(25)28(35)24(17-20-9-4-3-5-10-20)29-26(33)23-15-14-21-11-6-7-12-22(21)18-23/h3-7,9-12,14-15,18,24-25H,8,13,16-17H2,1-2H3,(H,29,33)(H,31,34)/t24-,25-/m0/s1. The summed E-state index contributed by atoms with van der Waals surface area (Å²) in [6.07, 6.45) is 1.61. The van der Waals surface area contributed by atoms with E-state index in [4.69, 9.17) is 0 Å². The monoisotopic (exact) mass is 470 g/mol. The Hall–Kier alpha value is -4.00. The van der Waals surface area contributed by atoms with Crippen LogP contribution in [0.1, 0.15) is 42.6 Å². The van der Waals surface area contributed by atoms with Gasteiger partial charge in [0, 0.05) is 24.2 Å². The molecule has 0 aromatic heterocycles. The average Bonchev–Trinajstić information content (AvgIpc) is 3.37. The fourth-order valence-corrected chi connectivity index (χ4v) is 4.37. The van der Waals surface area contributed by atoms with Gasteiger partial charge in [-0.25, -0.2) is 5.43 Å². The number of fused-ring (bicyclic) bond motifs is 1. The molecule has 1 aliphatic heterocycles. The summed E-state index contributed by atoms with van der Waals surface area (Å²) in [5.41, 5.74) is 4.68. The number of carbonyl (C=O) groups is 3. The molecule has 3 aromatic carbocycles. The second-order valence-electron chi connectivity index (χ2n) is 9.00. The largest absolute Gasteiger partial charge is 0.340 e. The molecule has 0 saturated carbocycles. The number of nitrogens with one attached hydrogen (secondary N) is 2. The Labute approximate surface area is 205 Å². The highest BCUT2D eigenvalue weighted by Gasteiger charge is 2.37. The lowest BCUT2D eigenvalue weighted by Crippen LogP contribution is -2.53. The minimum Gasteiger partial charge on any atom is -0.340 e. The Kier molecular flexibility index (Phi) is 7.55. The molecule has 35 heavy (non-hydrogen) atoms. The highest BCUT2D eigenvalue weighted by Crippen LogP contribution is 2.21. The van der Waals surface area contributed by atoms with Crippen LogP contribution in [0.2, 0.25) is 0 Å². The zero-order valence-corrected chi connectivity index (χ0v) is 20.0. The van der Waals surface area contributed by atoms with Gasteiger partial charge in [-0.15, -0.1) is 0 Å². The van der Waals surface area contributed by atoms with Crippen LogP contribution >= 0.6 is 0 Å². The van der Waals surface area contributed by atoms with Gasteiger partial charge in [-0.05, 0) is 55.2 Å². The van der Waals surface area contributed by atoms with Crippen molar-refractivity contribution in [3.05, 3.63) is 83.9 Å². The van der Waals surface area contributed by atoms with Crippen LogP contribution in [0.15, 0.2) is 77.9 Å². The number of carbonyl (C=O) groups excluding carboxylic acids is 3. The van der Waals surface area contributed by atoms with Crippen LogP contribution in [0.3, 0.4) is 0 Å². The van der Waals surface area contributed by atoms with E-state index in [-0.39, 0.29) is 17.7 Å². The van der Waals surface area contributed by atoms with Crippen LogP contribution in [-0.4, -0.2) is 47.0 Å². The molecule has 3 amide bonds. The number of hydrazone groups is 1. The summed E-state index contributed by atoms with van der Waals surface area (Å²) in [5, 5.41) is 8.93. The van der Waals surface area contributed by atoms with Gasteiger partial charge in [0.25, 0.3) is 11.8 Å². The van der Waals surface area contributed by atoms with E-state index in [1.165, 1.54) is 0 Å². The number of rotatable bonds is 7. The van der Waals surface area contributed by atoms with E-state index in [1.54, 1.807) is 24.8 Å². The van der Waals surface area contributed by atoms with E-state index in [2.05, 4.69) is 15.8 Å². The maximum atomic E-state index is 13.7. The Morgan fingerprint density at radius 1 is 0.971 bits per heavy atom. The molecule has 7 heteroatoms. The van der Waals surface area contributed by atoms with Crippen LogP contribution in [-0.2, 0) is 16.0 Å². The number of nitrogens with zero attached hydrogens (tertiary/aromatic N) is 2. The molecule has 4 rings (SSSR count). The zero-order valence-electron chi connectivity index (χ0n) is 20.0. The minimum atomic E-state index is -0.804. The fraction of sp³-hybridized carbons (Fsp3) is 0.286. The number of benzene rings is 3. The van der Waals surface area contributed by atoms with Crippen molar-refractivity contribution in [2.45, 2.75) is 45.2 Å². The quantitative estimate of drug-likeness (QED) is 0.408. The molecule has 0 bridgehead atoms. The van der Waals surface area contributed by atoms with Crippen molar-refractivity contribution >= 4 is 34.2 Å². The highest BCUT2D eigenvalue weighted by atomic mass is 16.2. The van der Waals surface area contributed by atoms with Crippen LogP contribution in [0.4, 0.5) is 0 Å². The van der Waals surface area contributed by atoms with Crippen molar-refractivity contribution in [2.24, 2.45) is 5.10 Å². The summed E-state index contributed by atoms with van der Waals surface area (Å²) >= 11 is 0. The molecule has 0 spiro atoms. The molecule has 0 radical (unpaired) electrons. The van der Waals surface area contributed by atoms with Gasteiger partial charge in [-0.3, -0.25) is 14.4 Å². The lowest BCUT2D eigenvalue weighted by molar-refractivity contribution is -0.139. The molecule has 1 fully saturated rings. The molecule has 1 aliphatic rings. The fourth-order valence-electron chi connectivity index (χ4n) is 4.37. The molecule has 3 aromatic rings. The third-order valence-electron chi connectivity index (χ3n) is 6.13. The van der Waals surface area contributed by atoms with Gasteiger partial charge < -0.3 is 10.2 Å². The van der Waals surface area contributed by atoms with Gasteiger partial charge in [0.05, 0.1) is 0 Å². The maximum Gasteiger partial charge on any atom is 0.262 e. The lowest BCUT2D eigenvalue weighted by Gasteiger charge is -2.28. The Bertz CT molecular complexity index is 1250. The second-order valence-corrected chi connectivity index (χ2v) is 9.00. The third-order valence-corrected chi connectivity index (χ3v) is 6.13. The van der Waals surface area contributed by atoms with E-state index < -0.39 is 12.1 Å². The van der Waals surface area contributed by atoms with Gasteiger partial charge in [-0.1, -0.05) is 60.7 Å². The predicted octanol–water partition coefficient (Wildman–Crippen LogP) is 3.68. The number of hydrogen-bond acceptors (Lipinski definition) is 4. The summed E-state index contributed by atoms with van der Waals surface area (Å²) in [6, 6.07) is 21.5. The van der Waals surface area contributed by atoms with E-state index >= 15 is 0 Å². The van der Waals surface area contributed by atoms with E-state index in [1.807, 2.05) is 66.7 Å². The molecule has 0 unspecified atom stereocenters. The van der Waals surface area contributed by atoms with Crippen LogP contribution in [0.25, 0.3) is 10.8 Å². The first-order valence-corrected chi connectivity index (χ1v) is 11.9. The van der Waals surface area contributed by atoms with Crippen molar-refractivity contribution in [3.63, 3.8) is 0 Å². The Morgan fingerprint density at radius 2 is 1.69 bits per heavy atom. The van der Waals surface area contributed by atoms with Crippen molar-refractivity contribution in [1.82, 2.24) is 15.6 Å². The summed E-state index contributed by atoms with van der Waals surface area (Å²) in [6.45, 7) is 4.04. The lowest BCUT2D eigenvalue weighted by atomic mass is 10.0.